The Balaban J connectivity index is 0.000000930. The number of fused-ring (bicyclic) bond motifs is 2. The third-order valence-corrected chi connectivity index (χ3v) is 8.47. The number of nitrogens with one attached hydrogen (secondary N) is 1. The van der Waals surface area contributed by atoms with Gasteiger partial charge in [0.1, 0.15) is 17.7 Å². The number of benzene rings is 1. The van der Waals surface area contributed by atoms with Crippen LogP contribution in [0.25, 0.3) is 11.0 Å². The number of aryl methyl sites for hydroxylation is 2. The van der Waals surface area contributed by atoms with Crippen LogP contribution in [0.1, 0.15) is 83.9 Å². The maximum atomic E-state index is 9.69. The number of hydrogen-bond donors (Lipinski definition) is 1. The molecule has 0 aliphatic carbocycles. The van der Waals surface area contributed by atoms with Crippen molar-refractivity contribution in [2.45, 2.75) is 87.0 Å². The minimum atomic E-state index is 0.0185. The van der Waals surface area contributed by atoms with Crippen LogP contribution in [0, 0.1) is 12.8 Å². The van der Waals surface area contributed by atoms with Crippen LogP contribution < -0.4 is 10.2 Å². The molecule has 1 atom stereocenters. The van der Waals surface area contributed by atoms with Crippen molar-refractivity contribution in [1.82, 2.24) is 20.0 Å². The van der Waals surface area contributed by atoms with Crippen LogP contribution in [0.4, 0.5) is 17.3 Å². The van der Waals surface area contributed by atoms with Crippen molar-refractivity contribution in [3.05, 3.63) is 95.1 Å². The van der Waals surface area contributed by atoms with E-state index in [1.807, 2.05) is 24.3 Å². The molecule has 2 aromatic heterocycles. The lowest BCUT2D eigenvalue weighted by Crippen LogP contribution is -2.29. The summed E-state index contributed by atoms with van der Waals surface area (Å²) in [5, 5.41) is 9.96. The highest BCUT2D eigenvalue weighted by atomic mass is 16.1. The van der Waals surface area contributed by atoms with Crippen LogP contribution in [-0.2, 0) is 17.6 Å². The summed E-state index contributed by atoms with van der Waals surface area (Å²) in [6.45, 7) is 19.8. The number of unbranched alkanes of at least 4 members (excludes halogenated alkanes) is 2. The second-order valence-corrected chi connectivity index (χ2v) is 12.8. The number of anilines is 3. The molecular formula is C39H51N7O. The smallest absolute Gasteiger partial charge is 0.160 e. The van der Waals surface area contributed by atoms with Crippen LogP contribution in [0.5, 0.6) is 0 Å². The Labute approximate surface area is 281 Å². The Morgan fingerprint density at radius 1 is 1.17 bits per heavy atom. The maximum absolute atomic E-state index is 9.69. The molecule has 47 heavy (non-hydrogen) atoms. The standard InChI is InChI=1S/C35H45N7.C4H6O/c1-7-9-10-16-41-22-25(5)11-12-29-21-31-33(40-35(29)41)34(37-23-36-31)39-30-14-13-28(26(6)18-30)19-27-15-17-42(38-8-2)32(20-27)24(3)4;1-3-4(2)5/h8,13-15,17-18,20-21,23,25H,7,9-12,16,19,22H2,1-6H3,(H,36,37,39);3H,1H2,2H3/b38-8-;. The van der Waals surface area contributed by atoms with Gasteiger partial charge < -0.3 is 10.2 Å². The number of ketones is 1. The van der Waals surface area contributed by atoms with E-state index in [2.05, 4.69) is 103 Å². The van der Waals surface area contributed by atoms with Gasteiger partial charge in [-0.25, -0.2) is 20.0 Å². The number of nitrogens with zero attached hydrogens (tertiary/aromatic N) is 6. The fourth-order valence-corrected chi connectivity index (χ4v) is 5.84. The SMILES string of the molecule is C/C=N\N1C=CC(Cc2ccc(Nc3ncnc4cc5c(nc34)N(CCCCC)CC(C)CC5)cc2C)=CC1=C(C)C.C=CC(C)=O. The first-order valence-corrected chi connectivity index (χ1v) is 16.9. The lowest BCUT2D eigenvalue weighted by Gasteiger charge is -2.26. The third kappa shape index (κ3) is 9.47. The molecule has 0 amide bonds. The predicted molar refractivity (Wildman–Crippen MR) is 197 cm³/mol. The lowest BCUT2D eigenvalue weighted by atomic mass is 9.97. The summed E-state index contributed by atoms with van der Waals surface area (Å²) in [6, 6.07) is 8.79. The van der Waals surface area contributed by atoms with Crippen molar-refractivity contribution >= 4 is 40.4 Å². The van der Waals surface area contributed by atoms with E-state index in [-0.39, 0.29) is 5.78 Å². The normalized spacial score (nSPS) is 15.9. The molecule has 5 rings (SSSR count). The van der Waals surface area contributed by atoms with Crippen molar-refractivity contribution < 1.29 is 4.79 Å². The predicted octanol–water partition coefficient (Wildman–Crippen LogP) is 9.01. The summed E-state index contributed by atoms with van der Waals surface area (Å²) in [6.07, 6.45) is 17.9. The number of aromatic nitrogens is 3. The minimum Gasteiger partial charge on any atom is -0.356 e. The van der Waals surface area contributed by atoms with Gasteiger partial charge in [0, 0.05) is 31.2 Å². The highest BCUT2D eigenvalue weighted by Crippen LogP contribution is 2.33. The van der Waals surface area contributed by atoms with Gasteiger partial charge in [-0.05, 0) is 125 Å². The summed E-state index contributed by atoms with van der Waals surface area (Å²) in [4.78, 5) is 26.7. The van der Waals surface area contributed by atoms with Crippen LogP contribution >= 0.6 is 0 Å². The first-order chi connectivity index (χ1) is 22.6. The second-order valence-electron chi connectivity index (χ2n) is 12.8. The molecule has 2 aliphatic rings. The van der Waals surface area contributed by atoms with Gasteiger partial charge in [-0.1, -0.05) is 44.9 Å². The molecule has 3 aromatic rings. The van der Waals surface area contributed by atoms with Crippen molar-refractivity contribution in [3.63, 3.8) is 0 Å². The molecule has 1 unspecified atom stereocenters. The fourth-order valence-electron chi connectivity index (χ4n) is 5.84. The molecule has 0 bridgehead atoms. The van der Waals surface area contributed by atoms with E-state index in [0.717, 1.165) is 60.0 Å². The Morgan fingerprint density at radius 3 is 2.64 bits per heavy atom. The molecule has 248 valence electrons. The van der Waals surface area contributed by atoms with Gasteiger partial charge in [0.15, 0.2) is 11.6 Å². The quantitative estimate of drug-likeness (QED) is 0.135. The Bertz CT molecular complexity index is 1700. The van der Waals surface area contributed by atoms with E-state index in [0.29, 0.717) is 5.92 Å². The van der Waals surface area contributed by atoms with Crippen molar-refractivity contribution in [2.24, 2.45) is 11.0 Å². The minimum absolute atomic E-state index is 0.0185. The summed E-state index contributed by atoms with van der Waals surface area (Å²) >= 11 is 0. The maximum Gasteiger partial charge on any atom is 0.160 e. The Morgan fingerprint density at radius 2 is 1.96 bits per heavy atom. The highest BCUT2D eigenvalue weighted by molar-refractivity contribution is 5.89. The Hall–Kier alpha value is -4.59. The number of rotatable bonds is 10. The van der Waals surface area contributed by atoms with Gasteiger partial charge >= 0.3 is 0 Å². The van der Waals surface area contributed by atoms with Gasteiger partial charge in [-0.3, -0.25) is 4.79 Å². The van der Waals surface area contributed by atoms with Crippen molar-refractivity contribution in [2.75, 3.05) is 23.3 Å². The molecular weight excluding hydrogens is 582 g/mol. The van der Waals surface area contributed by atoms with Gasteiger partial charge in [0.25, 0.3) is 0 Å². The summed E-state index contributed by atoms with van der Waals surface area (Å²) in [7, 11) is 0. The molecule has 2 aliphatic heterocycles. The largest absolute Gasteiger partial charge is 0.356 e. The molecule has 0 spiro atoms. The molecule has 0 radical (unpaired) electrons. The zero-order valence-corrected chi connectivity index (χ0v) is 29.3. The number of allylic oxidation sites excluding steroid dienone is 5. The van der Waals surface area contributed by atoms with E-state index < -0.39 is 0 Å². The second kappa shape index (κ2) is 16.8. The topological polar surface area (TPSA) is 86.6 Å². The molecule has 8 nitrogen and oxygen atoms in total. The zero-order chi connectivity index (χ0) is 33.9. The van der Waals surface area contributed by atoms with Crippen LogP contribution in [0.15, 0.2) is 83.5 Å². The van der Waals surface area contributed by atoms with E-state index >= 15 is 0 Å². The number of carbonyl (C=O) groups is 1. The molecule has 0 fully saturated rings. The average Bonchev–Trinajstić information content (AvgIpc) is 3.20. The number of carbonyl (C=O) groups excluding carboxylic acids is 1. The van der Waals surface area contributed by atoms with Crippen molar-refractivity contribution in [1.29, 1.82) is 0 Å². The molecule has 4 heterocycles. The van der Waals surface area contributed by atoms with Gasteiger partial charge in [-0.15, -0.1) is 0 Å². The van der Waals surface area contributed by atoms with Gasteiger partial charge in [-0.2, -0.15) is 5.10 Å². The molecule has 0 saturated heterocycles. The monoisotopic (exact) mass is 633 g/mol. The van der Waals surface area contributed by atoms with Crippen molar-refractivity contribution in [3.8, 4) is 0 Å². The van der Waals surface area contributed by atoms with Crippen LogP contribution in [0.3, 0.4) is 0 Å². The third-order valence-electron chi connectivity index (χ3n) is 8.47. The Kier molecular flexibility index (Phi) is 12.6. The molecule has 1 N–H and O–H groups in total. The zero-order valence-electron chi connectivity index (χ0n) is 29.3. The van der Waals surface area contributed by atoms with E-state index in [4.69, 9.17) is 4.98 Å². The molecule has 8 heteroatoms. The van der Waals surface area contributed by atoms with E-state index in [1.165, 1.54) is 66.5 Å². The van der Waals surface area contributed by atoms with E-state index in [9.17, 15) is 4.79 Å². The number of hydrogen-bond acceptors (Lipinski definition) is 8. The van der Waals surface area contributed by atoms with Crippen LogP contribution in [-0.4, -0.2) is 45.0 Å². The summed E-state index contributed by atoms with van der Waals surface area (Å²) in [5.74, 6) is 2.53. The first-order valence-electron chi connectivity index (χ1n) is 16.9. The van der Waals surface area contributed by atoms with Crippen LogP contribution in [0.2, 0.25) is 0 Å². The van der Waals surface area contributed by atoms with E-state index in [1.54, 1.807) is 6.33 Å². The number of hydrazone groups is 1. The summed E-state index contributed by atoms with van der Waals surface area (Å²) < 4.78 is 0. The average molecular weight is 634 g/mol. The number of pyridine rings is 1. The first kappa shape index (κ1) is 35.3. The van der Waals surface area contributed by atoms with Gasteiger partial charge in [0.2, 0.25) is 0 Å². The highest BCUT2D eigenvalue weighted by Gasteiger charge is 2.22. The summed E-state index contributed by atoms with van der Waals surface area (Å²) in [5.41, 5.74) is 10.2. The molecule has 1 aromatic carbocycles. The van der Waals surface area contributed by atoms with Gasteiger partial charge in [0.05, 0.1) is 11.2 Å². The lowest BCUT2D eigenvalue weighted by molar-refractivity contribution is -0.112. The molecule has 0 saturated carbocycles. The fraction of sp³-hybridized carbons (Fsp3) is 0.410.